The van der Waals surface area contributed by atoms with Crippen LogP contribution in [0.4, 0.5) is 0 Å². The van der Waals surface area contributed by atoms with E-state index in [2.05, 4.69) is 24.9 Å². The van der Waals surface area contributed by atoms with Crippen molar-refractivity contribution in [2.75, 3.05) is 6.61 Å². The molecule has 1 N–H and O–H groups in total. The van der Waals surface area contributed by atoms with Crippen molar-refractivity contribution in [3.05, 3.63) is 45.4 Å². The molecule has 0 aliphatic carbocycles. The number of nitrogens with zero attached hydrogens (tertiary/aromatic N) is 1. The highest BCUT2D eigenvalue weighted by Crippen LogP contribution is 2.25. The summed E-state index contributed by atoms with van der Waals surface area (Å²) in [6, 6.07) is 6.09. The van der Waals surface area contributed by atoms with Gasteiger partial charge in [0.25, 0.3) is 0 Å². The monoisotopic (exact) mass is 319 g/mol. The number of rotatable bonds is 7. The first-order valence-corrected chi connectivity index (χ1v) is 8.23. The van der Waals surface area contributed by atoms with E-state index in [1.54, 1.807) is 5.38 Å². The number of hydrogen-bond acceptors (Lipinski definition) is 4. The van der Waals surface area contributed by atoms with Crippen LogP contribution in [0.1, 0.15) is 46.9 Å². The fourth-order valence-electron chi connectivity index (χ4n) is 2.05. The lowest BCUT2D eigenvalue weighted by atomic mass is 10.1. The third kappa shape index (κ3) is 4.56. The van der Waals surface area contributed by atoms with Gasteiger partial charge in [0.05, 0.1) is 11.6 Å². The molecule has 0 radical (unpaired) electrons. The molecule has 0 aliphatic rings. The molecule has 0 atom stereocenters. The molecule has 1 aromatic carbocycles. The van der Waals surface area contributed by atoms with E-state index in [0.29, 0.717) is 18.9 Å². The maximum Gasteiger partial charge on any atom is 0.355 e. The van der Waals surface area contributed by atoms with Crippen LogP contribution in [-0.4, -0.2) is 22.7 Å². The van der Waals surface area contributed by atoms with Crippen LogP contribution in [0.2, 0.25) is 0 Å². The first kappa shape index (κ1) is 16.5. The van der Waals surface area contributed by atoms with Gasteiger partial charge in [0.1, 0.15) is 5.75 Å². The molecule has 0 saturated heterocycles. The second kappa shape index (κ2) is 7.40. The second-order valence-electron chi connectivity index (χ2n) is 5.75. The van der Waals surface area contributed by atoms with Crippen LogP contribution in [0, 0.1) is 12.8 Å². The molecule has 0 aliphatic heterocycles. The molecule has 5 heteroatoms. The van der Waals surface area contributed by atoms with E-state index in [1.165, 1.54) is 11.3 Å². The van der Waals surface area contributed by atoms with Crippen molar-refractivity contribution in [3.8, 4) is 5.75 Å². The van der Waals surface area contributed by atoms with Crippen molar-refractivity contribution < 1.29 is 14.6 Å². The van der Waals surface area contributed by atoms with Gasteiger partial charge in [0.15, 0.2) is 5.69 Å². The van der Waals surface area contributed by atoms with Gasteiger partial charge < -0.3 is 9.84 Å². The Morgan fingerprint density at radius 3 is 2.82 bits per heavy atom. The Morgan fingerprint density at radius 1 is 1.41 bits per heavy atom. The fourth-order valence-corrected chi connectivity index (χ4v) is 2.84. The Morgan fingerprint density at radius 2 is 2.18 bits per heavy atom. The van der Waals surface area contributed by atoms with Gasteiger partial charge in [-0.05, 0) is 25.3 Å². The molecule has 0 bridgehead atoms. The number of thiazole rings is 1. The van der Waals surface area contributed by atoms with E-state index in [1.807, 2.05) is 19.1 Å². The summed E-state index contributed by atoms with van der Waals surface area (Å²) >= 11 is 1.37. The Balaban J connectivity index is 2.13. The fraction of sp³-hybridized carbons (Fsp3) is 0.412. The Hall–Kier alpha value is -1.88. The third-order valence-corrected chi connectivity index (χ3v) is 4.13. The molecule has 1 heterocycles. The molecule has 0 fully saturated rings. The topological polar surface area (TPSA) is 59.4 Å². The first-order chi connectivity index (χ1) is 10.5. The zero-order valence-corrected chi connectivity index (χ0v) is 13.9. The zero-order valence-electron chi connectivity index (χ0n) is 13.1. The molecular formula is C17H21NO3S. The highest BCUT2D eigenvalue weighted by atomic mass is 32.1. The van der Waals surface area contributed by atoms with Crippen molar-refractivity contribution in [2.45, 2.75) is 33.6 Å². The number of aromatic carboxylic acids is 1. The van der Waals surface area contributed by atoms with E-state index in [4.69, 9.17) is 9.84 Å². The molecule has 0 amide bonds. The number of aryl methyl sites for hydroxylation is 1. The first-order valence-electron chi connectivity index (χ1n) is 7.35. The average molecular weight is 319 g/mol. The summed E-state index contributed by atoms with van der Waals surface area (Å²) in [6.45, 7) is 7.06. The van der Waals surface area contributed by atoms with Gasteiger partial charge in [0.2, 0.25) is 0 Å². The van der Waals surface area contributed by atoms with E-state index in [9.17, 15) is 4.79 Å². The van der Waals surface area contributed by atoms with Gasteiger partial charge in [-0.25, -0.2) is 9.78 Å². The molecule has 22 heavy (non-hydrogen) atoms. The summed E-state index contributed by atoms with van der Waals surface area (Å²) in [5.74, 6) is 0.476. The van der Waals surface area contributed by atoms with E-state index in [0.717, 1.165) is 28.3 Å². The minimum Gasteiger partial charge on any atom is -0.493 e. The van der Waals surface area contributed by atoms with Gasteiger partial charge in [-0.3, -0.25) is 0 Å². The highest BCUT2D eigenvalue weighted by molar-refractivity contribution is 7.09. The van der Waals surface area contributed by atoms with Crippen molar-refractivity contribution in [1.29, 1.82) is 0 Å². The van der Waals surface area contributed by atoms with Crippen LogP contribution in [0.25, 0.3) is 0 Å². The van der Waals surface area contributed by atoms with Crippen LogP contribution in [0.15, 0.2) is 23.6 Å². The predicted octanol–water partition coefficient (Wildman–Crippen LogP) is 4.17. The van der Waals surface area contributed by atoms with Crippen LogP contribution < -0.4 is 4.74 Å². The maximum absolute atomic E-state index is 10.9. The van der Waals surface area contributed by atoms with Crippen molar-refractivity contribution in [2.24, 2.45) is 5.92 Å². The Bertz CT molecular complexity index is 649. The lowest BCUT2D eigenvalue weighted by Crippen LogP contribution is -2.04. The molecule has 0 spiro atoms. The average Bonchev–Trinajstić information content (AvgIpc) is 2.89. The molecule has 4 nitrogen and oxygen atoms in total. The summed E-state index contributed by atoms with van der Waals surface area (Å²) < 4.78 is 5.89. The summed E-state index contributed by atoms with van der Waals surface area (Å²) in [4.78, 5) is 15.1. The summed E-state index contributed by atoms with van der Waals surface area (Å²) in [5.41, 5.74) is 2.31. The molecule has 118 valence electrons. The number of carboxylic acids is 1. The van der Waals surface area contributed by atoms with Crippen LogP contribution in [-0.2, 0) is 6.42 Å². The normalized spacial score (nSPS) is 10.9. The van der Waals surface area contributed by atoms with Crippen molar-refractivity contribution >= 4 is 17.3 Å². The maximum atomic E-state index is 10.9. The number of carboxylic acid groups (broad SMARTS) is 1. The SMILES string of the molecule is Cc1ccc(OCCC(C)C)c(Cc2nc(C(=O)O)cs2)c1. The zero-order chi connectivity index (χ0) is 16.1. The van der Waals surface area contributed by atoms with E-state index >= 15 is 0 Å². The quantitative estimate of drug-likeness (QED) is 0.832. The number of aromatic nitrogens is 1. The minimum atomic E-state index is -0.986. The lowest BCUT2D eigenvalue weighted by Gasteiger charge is -2.12. The summed E-state index contributed by atoms with van der Waals surface area (Å²) in [6.07, 6.45) is 1.60. The van der Waals surface area contributed by atoms with Gasteiger partial charge in [0, 0.05) is 17.4 Å². The third-order valence-electron chi connectivity index (χ3n) is 3.28. The second-order valence-corrected chi connectivity index (χ2v) is 6.69. The van der Waals surface area contributed by atoms with Crippen LogP contribution in [0.3, 0.4) is 0 Å². The number of carbonyl (C=O) groups is 1. The number of benzene rings is 1. The van der Waals surface area contributed by atoms with Gasteiger partial charge in [-0.2, -0.15) is 0 Å². The van der Waals surface area contributed by atoms with Crippen LogP contribution >= 0.6 is 11.3 Å². The largest absolute Gasteiger partial charge is 0.493 e. The smallest absolute Gasteiger partial charge is 0.355 e. The van der Waals surface area contributed by atoms with Gasteiger partial charge >= 0.3 is 5.97 Å². The Kier molecular flexibility index (Phi) is 5.55. The van der Waals surface area contributed by atoms with Crippen LogP contribution in [0.5, 0.6) is 5.75 Å². The summed E-state index contributed by atoms with van der Waals surface area (Å²) in [7, 11) is 0. The predicted molar refractivity (Wildman–Crippen MR) is 88.0 cm³/mol. The molecule has 2 aromatic rings. The minimum absolute atomic E-state index is 0.106. The molecule has 0 unspecified atom stereocenters. The lowest BCUT2D eigenvalue weighted by molar-refractivity contribution is 0.0691. The number of ether oxygens (including phenoxy) is 1. The number of hydrogen-bond donors (Lipinski definition) is 1. The van der Waals surface area contributed by atoms with Gasteiger partial charge in [-0.1, -0.05) is 31.5 Å². The van der Waals surface area contributed by atoms with Crippen molar-refractivity contribution in [1.82, 2.24) is 4.98 Å². The Labute approximate surface area is 134 Å². The molecule has 2 rings (SSSR count). The molecule has 0 saturated carbocycles. The standard InChI is InChI=1S/C17H21NO3S/c1-11(2)6-7-21-15-5-4-12(3)8-13(15)9-16-18-14(10-22-16)17(19)20/h4-5,8,10-11H,6-7,9H2,1-3H3,(H,19,20). The molecular weight excluding hydrogens is 298 g/mol. The van der Waals surface area contributed by atoms with E-state index in [-0.39, 0.29) is 5.69 Å². The highest BCUT2D eigenvalue weighted by Gasteiger charge is 2.12. The summed E-state index contributed by atoms with van der Waals surface area (Å²) in [5, 5.41) is 11.3. The van der Waals surface area contributed by atoms with E-state index < -0.39 is 5.97 Å². The van der Waals surface area contributed by atoms with Gasteiger partial charge in [-0.15, -0.1) is 11.3 Å². The van der Waals surface area contributed by atoms with Crippen molar-refractivity contribution in [3.63, 3.8) is 0 Å². The molecule has 1 aromatic heterocycles.